The molecule has 3 rings (SSSR count). The maximum Gasteiger partial charge on any atom is 0.234 e. The van der Waals surface area contributed by atoms with Crippen LogP contribution in [-0.2, 0) is 0 Å². The molecule has 0 saturated carbocycles. The molecule has 19 heavy (non-hydrogen) atoms. The van der Waals surface area contributed by atoms with Crippen molar-refractivity contribution >= 4 is 33.3 Å². The van der Waals surface area contributed by atoms with E-state index in [-0.39, 0.29) is 0 Å². The number of fused-ring (bicyclic) bond motifs is 1. The molecule has 0 radical (unpaired) electrons. The molecule has 1 aromatic carbocycles. The van der Waals surface area contributed by atoms with Crippen LogP contribution < -0.4 is 0 Å². The van der Waals surface area contributed by atoms with Crippen LogP contribution in [-0.4, -0.2) is 14.4 Å². The first-order chi connectivity index (χ1) is 9.04. The highest BCUT2D eigenvalue weighted by Gasteiger charge is 2.10. The van der Waals surface area contributed by atoms with E-state index < -0.39 is 0 Å². The standard InChI is InChI=1S/C14H11BrClN3/c1-8-5-9(2)19-7-13(18-14(19)17-8)11-4-3-10(15)6-12(11)16/h3-7H,1-2H3. The molecule has 0 N–H and O–H groups in total. The molecule has 2 heterocycles. The lowest BCUT2D eigenvalue weighted by Crippen LogP contribution is -1.94. The Morgan fingerprint density at radius 2 is 1.95 bits per heavy atom. The fraction of sp³-hybridized carbons (Fsp3) is 0.143. The van der Waals surface area contributed by atoms with Gasteiger partial charge in [-0.3, -0.25) is 4.40 Å². The monoisotopic (exact) mass is 335 g/mol. The minimum atomic E-state index is 0.673. The molecule has 5 heteroatoms. The lowest BCUT2D eigenvalue weighted by molar-refractivity contribution is 1.01. The van der Waals surface area contributed by atoms with Crippen LogP contribution in [0.1, 0.15) is 11.4 Å². The molecule has 96 valence electrons. The van der Waals surface area contributed by atoms with Crippen LogP contribution >= 0.6 is 27.5 Å². The molecule has 0 aliphatic rings. The second-order valence-corrected chi connectivity index (χ2v) is 5.78. The Labute approximate surface area is 124 Å². The molecule has 0 fully saturated rings. The summed E-state index contributed by atoms with van der Waals surface area (Å²) in [5.41, 5.74) is 3.81. The molecule has 0 aliphatic heterocycles. The highest BCUT2D eigenvalue weighted by Crippen LogP contribution is 2.30. The highest BCUT2D eigenvalue weighted by atomic mass is 79.9. The van der Waals surface area contributed by atoms with E-state index in [0.717, 1.165) is 27.1 Å². The van der Waals surface area contributed by atoms with Gasteiger partial charge in [0, 0.05) is 27.6 Å². The molecule has 0 amide bonds. The average Bonchev–Trinajstić information content (AvgIpc) is 2.72. The van der Waals surface area contributed by atoms with Crippen molar-refractivity contribution in [3.05, 3.63) is 51.3 Å². The van der Waals surface area contributed by atoms with Crippen LogP contribution in [0.5, 0.6) is 0 Å². The Balaban J connectivity index is 2.23. The first kappa shape index (κ1) is 12.6. The number of imidazole rings is 1. The van der Waals surface area contributed by atoms with E-state index in [1.54, 1.807) is 0 Å². The summed E-state index contributed by atoms with van der Waals surface area (Å²) in [6, 6.07) is 7.81. The van der Waals surface area contributed by atoms with Crippen LogP contribution in [0.25, 0.3) is 17.0 Å². The fourth-order valence-corrected chi connectivity index (χ4v) is 2.87. The van der Waals surface area contributed by atoms with Crippen molar-refractivity contribution in [2.75, 3.05) is 0 Å². The number of hydrogen-bond acceptors (Lipinski definition) is 2. The van der Waals surface area contributed by atoms with Gasteiger partial charge in [0.2, 0.25) is 5.78 Å². The highest BCUT2D eigenvalue weighted by molar-refractivity contribution is 9.10. The lowest BCUT2D eigenvalue weighted by Gasteiger charge is -2.00. The second-order valence-electron chi connectivity index (χ2n) is 4.46. The summed E-state index contributed by atoms with van der Waals surface area (Å²) in [5.74, 6) is 0.700. The molecule has 2 aromatic heterocycles. The van der Waals surface area contributed by atoms with Gasteiger partial charge >= 0.3 is 0 Å². The normalized spacial score (nSPS) is 11.2. The Bertz CT molecular complexity index is 780. The summed E-state index contributed by atoms with van der Waals surface area (Å²) < 4.78 is 2.93. The number of hydrogen-bond donors (Lipinski definition) is 0. The smallest absolute Gasteiger partial charge is 0.234 e. The Kier molecular flexibility index (Phi) is 3.07. The van der Waals surface area contributed by atoms with Crippen molar-refractivity contribution < 1.29 is 0 Å². The Hall–Kier alpha value is -1.39. The number of aryl methyl sites for hydroxylation is 2. The van der Waals surface area contributed by atoms with Crippen molar-refractivity contribution in [2.45, 2.75) is 13.8 Å². The van der Waals surface area contributed by atoms with Gasteiger partial charge in [0.15, 0.2) is 0 Å². The number of aromatic nitrogens is 3. The van der Waals surface area contributed by atoms with Gasteiger partial charge in [-0.15, -0.1) is 0 Å². The van der Waals surface area contributed by atoms with Crippen molar-refractivity contribution in [1.29, 1.82) is 0 Å². The first-order valence-electron chi connectivity index (χ1n) is 5.83. The molecule has 3 aromatic rings. The zero-order valence-corrected chi connectivity index (χ0v) is 12.8. The van der Waals surface area contributed by atoms with Crippen LogP contribution in [0.2, 0.25) is 5.02 Å². The largest absolute Gasteiger partial charge is 0.288 e. The molecule has 0 saturated heterocycles. The SMILES string of the molecule is Cc1cc(C)n2cc(-c3ccc(Br)cc3Cl)nc2n1. The number of halogens is 2. The van der Waals surface area contributed by atoms with Crippen LogP contribution in [0.15, 0.2) is 34.9 Å². The summed E-state index contributed by atoms with van der Waals surface area (Å²) in [5, 5.41) is 0.673. The summed E-state index contributed by atoms with van der Waals surface area (Å²) in [6.45, 7) is 4.00. The van der Waals surface area contributed by atoms with E-state index >= 15 is 0 Å². The van der Waals surface area contributed by atoms with Crippen LogP contribution in [0.4, 0.5) is 0 Å². The van der Waals surface area contributed by atoms with Gasteiger partial charge in [0.1, 0.15) is 0 Å². The Morgan fingerprint density at radius 1 is 1.16 bits per heavy atom. The third kappa shape index (κ3) is 2.26. The van der Waals surface area contributed by atoms with Crippen LogP contribution in [0, 0.1) is 13.8 Å². The van der Waals surface area contributed by atoms with E-state index in [0.29, 0.717) is 10.8 Å². The third-order valence-electron chi connectivity index (χ3n) is 2.97. The first-order valence-corrected chi connectivity index (χ1v) is 7.00. The third-order valence-corrected chi connectivity index (χ3v) is 3.77. The van der Waals surface area contributed by atoms with E-state index in [1.807, 2.05) is 48.7 Å². The quantitative estimate of drug-likeness (QED) is 0.658. The lowest BCUT2D eigenvalue weighted by atomic mass is 10.2. The fourth-order valence-electron chi connectivity index (χ4n) is 2.10. The summed E-state index contributed by atoms with van der Waals surface area (Å²) in [7, 11) is 0. The van der Waals surface area contributed by atoms with Gasteiger partial charge in [-0.25, -0.2) is 9.97 Å². The van der Waals surface area contributed by atoms with Gasteiger partial charge in [0.25, 0.3) is 0 Å². The topological polar surface area (TPSA) is 30.2 Å². The van der Waals surface area contributed by atoms with Crippen molar-refractivity contribution in [3.8, 4) is 11.3 Å². The van der Waals surface area contributed by atoms with Gasteiger partial charge in [-0.05, 0) is 32.0 Å². The van der Waals surface area contributed by atoms with Gasteiger partial charge in [-0.2, -0.15) is 0 Å². The van der Waals surface area contributed by atoms with Crippen molar-refractivity contribution in [1.82, 2.24) is 14.4 Å². The second kappa shape index (κ2) is 4.62. The molecular weight excluding hydrogens is 326 g/mol. The van der Waals surface area contributed by atoms with Gasteiger partial charge in [0.05, 0.1) is 10.7 Å². The zero-order valence-electron chi connectivity index (χ0n) is 10.5. The maximum absolute atomic E-state index is 6.26. The van der Waals surface area contributed by atoms with Crippen molar-refractivity contribution in [3.63, 3.8) is 0 Å². The number of nitrogens with zero attached hydrogens (tertiary/aromatic N) is 3. The molecule has 3 nitrogen and oxygen atoms in total. The molecular formula is C14H11BrClN3. The summed E-state index contributed by atoms with van der Waals surface area (Å²) in [4.78, 5) is 8.98. The molecule has 0 spiro atoms. The van der Waals surface area contributed by atoms with E-state index in [1.165, 1.54) is 0 Å². The predicted molar refractivity (Wildman–Crippen MR) is 80.6 cm³/mol. The number of benzene rings is 1. The Morgan fingerprint density at radius 3 is 2.68 bits per heavy atom. The number of rotatable bonds is 1. The minimum Gasteiger partial charge on any atom is -0.288 e. The molecule has 0 bridgehead atoms. The summed E-state index contributed by atoms with van der Waals surface area (Å²) >= 11 is 9.67. The molecule has 0 aliphatic carbocycles. The van der Waals surface area contributed by atoms with E-state index in [9.17, 15) is 0 Å². The van der Waals surface area contributed by atoms with E-state index in [2.05, 4.69) is 25.9 Å². The zero-order chi connectivity index (χ0) is 13.6. The van der Waals surface area contributed by atoms with Gasteiger partial charge < -0.3 is 0 Å². The van der Waals surface area contributed by atoms with Crippen LogP contribution in [0.3, 0.4) is 0 Å². The van der Waals surface area contributed by atoms with E-state index in [4.69, 9.17) is 11.6 Å². The minimum absolute atomic E-state index is 0.673. The van der Waals surface area contributed by atoms with Crippen molar-refractivity contribution in [2.24, 2.45) is 0 Å². The predicted octanol–water partition coefficient (Wildman–Crippen LogP) is 4.43. The molecule has 0 atom stereocenters. The molecule has 0 unspecified atom stereocenters. The maximum atomic E-state index is 6.26. The summed E-state index contributed by atoms with van der Waals surface area (Å²) in [6.07, 6.45) is 1.96. The average molecular weight is 337 g/mol. The van der Waals surface area contributed by atoms with Gasteiger partial charge in [-0.1, -0.05) is 33.6 Å².